The number of hydrogen-bond donors (Lipinski definition) is 3. The molecule has 0 aliphatic carbocycles. The van der Waals surface area contributed by atoms with Crippen LogP contribution in [0.25, 0.3) is 0 Å². The van der Waals surface area contributed by atoms with E-state index in [1.54, 1.807) is 18.2 Å². The Labute approximate surface area is 133 Å². The lowest BCUT2D eigenvalue weighted by Gasteiger charge is -2.18. The van der Waals surface area contributed by atoms with Gasteiger partial charge < -0.3 is 15.6 Å². The topological polar surface area (TPSA) is 86.9 Å². The van der Waals surface area contributed by atoms with Gasteiger partial charge >= 0.3 is 0 Å². The van der Waals surface area contributed by atoms with Crippen LogP contribution in [0.15, 0.2) is 30.7 Å². The second kappa shape index (κ2) is 6.19. The first kappa shape index (κ1) is 16.0. The zero-order chi connectivity index (χ0) is 16.3. The lowest BCUT2D eigenvalue weighted by Crippen LogP contribution is -2.27. The Morgan fingerprint density at radius 3 is 2.50 bits per heavy atom. The maximum absolute atomic E-state index is 12.0. The van der Waals surface area contributed by atoms with Gasteiger partial charge in [-0.05, 0) is 18.2 Å². The van der Waals surface area contributed by atoms with Crippen molar-refractivity contribution >= 4 is 34.8 Å². The molecule has 0 atom stereocenters. The average Bonchev–Trinajstić information content (AvgIpc) is 2.94. The van der Waals surface area contributed by atoms with Crippen LogP contribution in [0.3, 0.4) is 0 Å². The molecule has 0 radical (unpaired) electrons. The van der Waals surface area contributed by atoms with Crippen LogP contribution in [0.2, 0.25) is 5.02 Å². The number of carbonyl (C=O) groups excluding carboxylic acids is 2. The number of amides is 2. The molecule has 0 spiro atoms. The van der Waals surface area contributed by atoms with Gasteiger partial charge in [-0.25, -0.2) is 4.98 Å². The van der Waals surface area contributed by atoms with Crippen LogP contribution in [0, 0.1) is 5.41 Å². The molecule has 0 bridgehead atoms. The fraction of sp³-hybridized carbons (Fsp3) is 0.267. The minimum Gasteiger partial charge on any atom is -0.341 e. The minimum absolute atomic E-state index is 0.136. The summed E-state index contributed by atoms with van der Waals surface area (Å²) >= 11 is 6.15. The number of aromatic nitrogens is 2. The van der Waals surface area contributed by atoms with E-state index in [1.807, 2.05) is 20.8 Å². The molecule has 1 heterocycles. The Morgan fingerprint density at radius 1 is 1.23 bits per heavy atom. The summed E-state index contributed by atoms with van der Waals surface area (Å²) in [5.74, 6) is -0.455. The van der Waals surface area contributed by atoms with Crippen molar-refractivity contribution < 1.29 is 9.59 Å². The quantitative estimate of drug-likeness (QED) is 0.811. The number of aromatic amines is 1. The van der Waals surface area contributed by atoms with Gasteiger partial charge in [-0.2, -0.15) is 0 Å². The normalized spacial score (nSPS) is 11.1. The number of hydrogen-bond acceptors (Lipinski definition) is 3. The molecule has 22 heavy (non-hydrogen) atoms. The number of nitrogens with zero attached hydrogens (tertiary/aromatic N) is 1. The van der Waals surface area contributed by atoms with Gasteiger partial charge in [0.2, 0.25) is 5.91 Å². The molecule has 2 aromatic rings. The summed E-state index contributed by atoms with van der Waals surface area (Å²) in [6.45, 7) is 5.44. The highest BCUT2D eigenvalue weighted by molar-refractivity contribution is 6.34. The number of halogens is 1. The molecule has 0 saturated carbocycles. The second-order valence-corrected chi connectivity index (χ2v) is 6.23. The van der Waals surface area contributed by atoms with E-state index in [0.29, 0.717) is 22.1 Å². The molecule has 2 amide bonds. The summed E-state index contributed by atoms with van der Waals surface area (Å²) in [4.78, 5) is 30.3. The van der Waals surface area contributed by atoms with Crippen molar-refractivity contribution in [1.29, 1.82) is 0 Å². The molecular weight excluding hydrogens is 304 g/mol. The molecule has 0 fully saturated rings. The lowest BCUT2D eigenvalue weighted by molar-refractivity contribution is -0.123. The van der Waals surface area contributed by atoms with E-state index < -0.39 is 5.41 Å². The Morgan fingerprint density at radius 2 is 1.95 bits per heavy atom. The van der Waals surface area contributed by atoms with Crippen molar-refractivity contribution in [1.82, 2.24) is 9.97 Å². The summed E-state index contributed by atoms with van der Waals surface area (Å²) in [5.41, 5.74) is 0.859. The summed E-state index contributed by atoms with van der Waals surface area (Å²) in [6, 6.07) is 4.89. The van der Waals surface area contributed by atoms with E-state index in [-0.39, 0.29) is 11.8 Å². The van der Waals surface area contributed by atoms with Crippen LogP contribution in [0.5, 0.6) is 0 Å². The van der Waals surface area contributed by atoms with E-state index in [1.165, 1.54) is 12.5 Å². The van der Waals surface area contributed by atoms with Gasteiger partial charge in [0.05, 0.1) is 23.2 Å². The van der Waals surface area contributed by atoms with E-state index in [4.69, 9.17) is 11.6 Å². The van der Waals surface area contributed by atoms with E-state index in [9.17, 15) is 9.59 Å². The number of nitrogens with one attached hydrogen (secondary N) is 3. The third kappa shape index (κ3) is 3.85. The van der Waals surface area contributed by atoms with Gasteiger partial charge in [0.15, 0.2) is 0 Å². The predicted molar refractivity (Wildman–Crippen MR) is 86.1 cm³/mol. The van der Waals surface area contributed by atoms with Gasteiger partial charge in [-0.3, -0.25) is 9.59 Å². The third-order valence-electron chi connectivity index (χ3n) is 2.90. The summed E-state index contributed by atoms with van der Waals surface area (Å²) < 4.78 is 0. The van der Waals surface area contributed by atoms with Crippen LogP contribution in [-0.2, 0) is 4.79 Å². The van der Waals surface area contributed by atoms with E-state index in [0.717, 1.165) is 0 Å². The minimum atomic E-state index is -0.517. The molecule has 0 aliphatic heterocycles. The smallest absolute Gasteiger partial charge is 0.273 e. The summed E-state index contributed by atoms with van der Waals surface area (Å²) in [6.07, 6.45) is 2.85. The van der Waals surface area contributed by atoms with E-state index in [2.05, 4.69) is 20.6 Å². The van der Waals surface area contributed by atoms with Crippen molar-refractivity contribution in [2.24, 2.45) is 5.41 Å². The molecule has 0 saturated heterocycles. The molecule has 0 unspecified atom stereocenters. The molecule has 1 aromatic carbocycles. The SMILES string of the molecule is CC(C)(C)C(=O)Nc1ccc(NC(=O)c2cnc[nH]2)cc1Cl. The van der Waals surface area contributed by atoms with Gasteiger partial charge in [-0.15, -0.1) is 0 Å². The standard InChI is InChI=1S/C15H17ClN4O2/c1-15(2,3)14(22)20-11-5-4-9(6-10(11)16)19-13(21)12-7-17-8-18-12/h4-8H,1-3H3,(H,17,18)(H,19,21)(H,20,22). The Balaban J connectivity index is 2.10. The Hall–Kier alpha value is -2.34. The van der Waals surface area contributed by atoms with E-state index >= 15 is 0 Å². The van der Waals surface area contributed by atoms with Gasteiger partial charge in [-0.1, -0.05) is 32.4 Å². The summed E-state index contributed by atoms with van der Waals surface area (Å²) in [5, 5.41) is 5.79. The zero-order valence-corrected chi connectivity index (χ0v) is 13.3. The fourth-order valence-corrected chi connectivity index (χ4v) is 1.81. The molecule has 3 N–H and O–H groups in total. The average molecular weight is 321 g/mol. The highest BCUT2D eigenvalue weighted by Gasteiger charge is 2.22. The third-order valence-corrected chi connectivity index (χ3v) is 3.21. The molecule has 6 nitrogen and oxygen atoms in total. The first-order valence-corrected chi connectivity index (χ1v) is 7.06. The van der Waals surface area contributed by atoms with Crippen molar-refractivity contribution in [3.8, 4) is 0 Å². The van der Waals surface area contributed by atoms with Crippen molar-refractivity contribution in [3.05, 3.63) is 41.4 Å². The fourth-order valence-electron chi connectivity index (χ4n) is 1.58. The molecule has 116 valence electrons. The number of imidazole rings is 1. The predicted octanol–water partition coefficient (Wildman–Crippen LogP) is 3.30. The first-order chi connectivity index (χ1) is 10.3. The van der Waals surface area contributed by atoms with Crippen LogP contribution in [0.4, 0.5) is 11.4 Å². The van der Waals surface area contributed by atoms with Gasteiger partial charge in [0.25, 0.3) is 5.91 Å². The lowest BCUT2D eigenvalue weighted by atomic mass is 9.95. The number of rotatable bonds is 3. The molecular formula is C15H17ClN4O2. The maximum atomic E-state index is 12.0. The molecule has 0 aliphatic rings. The molecule has 7 heteroatoms. The highest BCUT2D eigenvalue weighted by Crippen LogP contribution is 2.27. The maximum Gasteiger partial charge on any atom is 0.273 e. The first-order valence-electron chi connectivity index (χ1n) is 6.68. The number of benzene rings is 1. The van der Waals surface area contributed by atoms with Crippen molar-refractivity contribution in [3.63, 3.8) is 0 Å². The number of H-pyrrole nitrogens is 1. The molecule has 1 aromatic heterocycles. The van der Waals surface area contributed by atoms with Crippen molar-refractivity contribution in [2.75, 3.05) is 10.6 Å². The monoisotopic (exact) mass is 320 g/mol. The zero-order valence-electron chi connectivity index (χ0n) is 12.5. The Bertz CT molecular complexity index is 690. The van der Waals surface area contributed by atoms with Crippen LogP contribution < -0.4 is 10.6 Å². The number of anilines is 2. The summed E-state index contributed by atoms with van der Waals surface area (Å²) in [7, 11) is 0. The highest BCUT2D eigenvalue weighted by atomic mass is 35.5. The second-order valence-electron chi connectivity index (χ2n) is 5.82. The van der Waals surface area contributed by atoms with Gasteiger partial charge in [0.1, 0.15) is 5.69 Å². The van der Waals surface area contributed by atoms with Crippen molar-refractivity contribution in [2.45, 2.75) is 20.8 Å². The number of carbonyl (C=O) groups is 2. The van der Waals surface area contributed by atoms with Gasteiger partial charge in [0, 0.05) is 11.1 Å². The molecule has 2 rings (SSSR count). The van der Waals surface area contributed by atoms with Crippen LogP contribution in [0.1, 0.15) is 31.3 Å². The largest absolute Gasteiger partial charge is 0.341 e. The van der Waals surface area contributed by atoms with Crippen LogP contribution in [-0.4, -0.2) is 21.8 Å². The van der Waals surface area contributed by atoms with Crippen LogP contribution >= 0.6 is 11.6 Å². The Kier molecular flexibility index (Phi) is 4.51.